The minimum Gasteiger partial charge on any atom is -0.478 e. The summed E-state index contributed by atoms with van der Waals surface area (Å²) in [6.07, 6.45) is 3.38. The number of ether oxygens (including phenoxy) is 1. The van der Waals surface area contributed by atoms with Crippen molar-refractivity contribution in [1.82, 2.24) is 14.8 Å². The normalized spacial score (nSPS) is 27.9. The molecule has 3 aliphatic rings. The highest BCUT2D eigenvalue weighted by molar-refractivity contribution is 6.32. The third-order valence-electron chi connectivity index (χ3n) is 4.47. The molecule has 2 aromatic rings. The van der Waals surface area contributed by atoms with E-state index in [-0.39, 0.29) is 16.1 Å². The number of hydrogen-bond donors (Lipinski definition) is 1. The smallest absolute Gasteiger partial charge is 0.338 e. The van der Waals surface area contributed by atoms with Crippen LogP contribution in [0, 0.1) is 5.41 Å². The Morgan fingerprint density at radius 1 is 1.39 bits per heavy atom. The highest BCUT2D eigenvalue weighted by atomic mass is 35.5. The van der Waals surface area contributed by atoms with Crippen molar-refractivity contribution in [2.45, 2.75) is 24.9 Å². The molecule has 0 atom stereocenters. The largest absolute Gasteiger partial charge is 0.478 e. The van der Waals surface area contributed by atoms with E-state index in [4.69, 9.17) is 21.4 Å². The summed E-state index contributed by atoms with van der Waals surface area (Å²) in [5, 5.41) is 13.1. The molecule has 1 N–H and O–H groups in total. The first-order valence-electron chi connectivity index (χ1n) is 7.16. The number of aromatic carboxylic acids is 1. The first kappa shape index (κ1) is 14.4. The molecule has 23 heavy (non-hydrogen) atoms. The van der Waals surface area contributed by atoms with E-state index in [2.05, 4.69) is 10.1 Å². The average molecular weight is 338 g/mol. The van der Waals surface area contributed by atoms with Gasteiger partial charge in [0, 0.05) is 17.7 Å². The SMILES string of the molecule is O=C(O)c1ccc(-n2ccc(OCC34CC(F)(C3)C4)n2)nc1Cl. The molecular formula is C15H13ClFN3O3. The van der Waals surface area contributed by atoms with Crippen molar-refractivity contribution < 1.29 is 19.0 Å². The van der Waals surface area contributed by atoms with Gasteiger partial charge in [-0.2, -0.15) is 0 Å². The molecule has 0 saturated heterocycles. The van der Waals surface area contributed by atoms with Crippen LogP contribution in [0.2, 0.25) is 5.15 Å². The molecule has 3 aliphatic carbocycles. The standard InChI is InChI=1S/C15H13ClFN3O3/c16-12-9(13(21)22)1-2-10(18-12)20-4-3-11(19-20)23-8-14-5-15(17,6-14)7-14/h1-4H,5-8H2,(H,21,22). The Morgan fingerprint density at radius 3 is 2.74 bits per heavy atom. The molecule has 0 aliphatic heterocycles. The van der Waals surface area contributed by atoms with E-state index >= 15 is 0 Å². The fraction of sp³-hybridized carbons (Fsp3) is 0.400. The summed E-state index contributed by atoms with van der Waals surface area (Å²) in [6, 6.07) is 4.56. The molecule has 120 valence electrons. The predicted molar refractivity (Wildman–Crippen MR) is 78.9 cm³/mol. The number of hydrogen-bond acceptors (Lipinski definition) is 4. The molecule has 6 nitrogen and oxygen atoms in total. The minimum absolute atomic E-state index is 0.0107. The third-order valence-corrected chi connectivity index (χ3v) is 4.75. The predicted octanol–water partition coefficient (Wildman–Crippen LogP) is 2.89. The number of carbonyl (C=O) groups is 1. The summed E-state index contributed by atoms with van der Waals surface area (Å²) < 4.78 is 20.5. The van der Waals surface area contributed by atoms with Gasteiger partial charge in [0.05, 0.1) is 12.2 Å². The van der Waals surface area contributed by atoms with Gasteiger partial charge in [0.15, 0.2) is 5.82 Å². The van der Waals surface area contributed by atoms with Gasteiger partial charge in [0.25, 0.3) is 0 Å². The molecule has 2 aromatic heterocycles. The number of alkyl halides is 1. The van der Waals surface area contributed by atoms with Gasteiger partial charge in [-0.3, -0.25) is 0 Å². The first-order valence-corrected chi connectivity index (χ1v) is 7.54. The summed E-state index contributed by atoms with van der Waals surface area (Å²) >= 11 is 5.85. The second kappa shape index (κ2) is 4.67. The van der Waals surface area contributed by atoms with E-state index in [1.807, 2.05) is 0 Å². The maximum Gasteiger partial charge on any atom is 0.338 e. The highest BCUT2D eigenvalue weighted by Gasteiger charge is 2.69. The number of aromatic nitrogens is 3. The molecule has 3 saturated carbocycles. The van der Waals surface area contributed by atoms with E-state index in [9.17, 15) is 9.18 Å². The van der Waals surface area contributed by atoms with Crippen molar-refractivity contribution in [2.75, 3.05) is 6.61 Å². The zero-order valence-corrected chi connectivity index (χ0v) is 12.8. The molecule has 0 amide bonds. The van der Waals surface area contributed by atoms with Crippen molar-refractivity contribution >= 4 is 17.6 Å². The van der Waals surface area contributed by atoms with Crippen molar-refractivity contribution in [3.63, 3.8) is 0 Å². The van der Waals surface area contributed by atoms with Crippen LogP contribution < -0.4 is 4.74 Å². The van der Waals surface area contributed by atoms with E-state index in [1.54, 1.807) is 12.3 Å². The average Bonchev–Trinajstić information content (AvgIpc) is 2.89. The molecule has 8 heteroatoms. The van der Waals surface area contributed by atoms with Crippen molar-refractivity contribution in [3.8, 4) is 11.7 Å². The number of rotatable bonds is 5. The number of carboxylic acid groups (broad SMARTS) is 1. The highest BCUT2D eigenvalue weighted by Crippen LogP contribution is 2.69. The third kappa shape index (κ3) is 2.35. The van der Waals surface area contributed by atoms with Crippen molar-refractivity contribution in [1.29, 1.82) is 0 Å². The Kier molecular flexibility index (Phi) is 2.93. The second-order valence-electron chi connectivity index (χ2n) is 6.38. The van der Waals surface area contributed by atoms with Gasteiger partial charge in [-0.05, 0) is 31.4 Å². The van der Waals surface area contributed by atoms with Gasteiger partial charge < -0.3 is 9.84 Å². The van der Waals surface area contributed by atoms with Crippen LogP contribution in [0.25, 0.3) is 5.82 Å². The number of carboxylic acids is 1. The second-order valence-corrected chi connectivity index (χ2v) is 6.74. The lowest BCUT2D eigenvalue weighted by Crippen LogP contribution is -2.66. The molecule has 2 heterocycles. The molecule has 3 fully saturated rings. The van der Waals surface area contributed by atoms with Crippen LogP contribution in [0.1, 0.15) is 29.6 Å². The van der Waals surface area contributed by atoms with E-state index in [1.165, 1.54) is 16.8 Å². The van der Waals surface area contributed by atoms with E-state index in [0.717, 1.165) is 0 Å². The van der Waals surface area contributed by atoms with Crippen LogP contribution in [0.3, 0.4) is 0 Å². The quantitative estimate of drug-likeness (QED) is 0.849. The van der Waals surface area contributed by atoms with Crippen LogP contribution in [-0.4, -0.2) is 38.1 Å². The maximum absolute atomic E-state index is 13.5. The topological polar surface area (TPSA) is 77.2 Å². The number of pyridine rings is 1. The zero-order chi connectivity index (χ0) is 16.2. The molecule has 0 radical (unpaired) electrons. The van der Waals surface area contributed by atoms with Crippen LogP contribution in [0.15, 0.2) is 24.4 Å². The van der Waals surface area contributed by atoms with Crippen LogP contribution in [0.5, 0.6) is 5.88 Å². The van der Waals surface area contributed by atoms with Crippen LogP contribution in [0.4, 0.5) is 4.39 Å². The molecule has 5 rings (SSSR count). The minimum atomic E-state index is -1.14. The Hall–Kier alpha value is -2.15. The van der Waals surface area contributed by atoms with Crippen LogP contribution in [-0.2, 0) is 0 Å². The van der Waals surface area contributed by atoms with Gasteiger partial charge in [-0.1, -0.05) is 11.6 Å². The summed E-state index contributed by atoms with van der Waals surface area (Å²) in [5.41, 5.74) is -1.01. The summed E-state index contributed by atoms with van der Waals surface area (Å²) in [4.78, 5) is 14.9. The fourth-order valence-electron chi connectivity index (χ4n) is 3.46. The molecule has 0 spiro atoms. The number of halogens is 2. The number of nitrogens with zero attached hydrogens (tertiary/aromatic N) is 3. The summed E-state index contributed by atoms with van der Waals surface area (Å²) in [7, 11) is 0. The monoisotopic (exact) mass is 337 g/mol. The molecule has 0 unspecified atom stereocenters. The zero-order valence-electron chi connectivity index (χ0n) is 12.0. The van der Waals surface area contributed by atoms with Gasteiger partial charge in [0.2, 0.25) is 5.88 Å². The summed E-state index contributed by atoms with van der Waals surface area (Å²) in [5.74, 6) is -0.325. The van der Waals surface area contributed by atoms with E-state index < -0.39 is 11.6 Å². The van der Waals surface area contributed by atoms with Crippen LogP contribution >= 0.6 is 11.6 Å². The first-order chi connectivity index (χ1) is 10.9. The Morgan fingerprint density at radius 2 is 2.13 bits per heavy atom. The maximum atomic E-state index is 13.5. The van der Waals surface area contributed by atoms with Crippen molar-refractivity contribution in [2.24, 2.45) is 5.41 Å². The van der Waals surface area contributed by atoms with Gasteiger partial charge in [0.1, 0.15) is 10.8 Å². The van der Waals surface area contributed by atoms with Gasteiger partial charge in [-0.25, -0.2) is 18.9 Å². The lowest BCUT2D eigenvalue weighted by molar-refractivity contribution is -0.226. The Balaban J connectivity index is 1.45. The molecule has 2 bridgehead atoms. The Bertz CT molecular complexity index is 787. The molecule has 0 aromatic carbocycles. The lowest BCUT2D eigenvalue weighted by atomic mass is 9.43. The van der Waals surface area contributed by atoms with Crippen molar-refractivity contribution in [3.05, 3.63) is 35.1 Å². The fourth-order valence-corrected chi connectivity index (χ4v) is 3.70. The van der Waals surface area contributed by atoms with Gasteiger partial charge >= 0.3 is 5.97 Å². The van der Waals surface area contributed by atoms with E-state index in [0.29, 0.717) is 37.6 Å². The van der Waals surface area contributed by atoms with Gasteiger partial charge in [-0.15, -0.1) is 5.10 Å². The molecular weight excluding hydrogens is 325 g/mol. The summed E-state index contributed by atoms with van der Waals surface area (Å²) in [6.45, 7) is 0.460. The lowest BCUT2D eigenvalue weighted by Gasteiger charge is -2.65. The Labute approximate surface area is 135 Å².